The van der Waals surface area contributed by atoms with Gasteiger partial charge < -0.3 is 50.2 Å². The van der Waals surface area contributed by atoms with Gasteiger partial charge in [-0.3, -0.25) is 4.79 Å². The van der Waals surface area contributed by atoms with Crippen LogP contribution in [0.5, 0.6) is 0 Å². The lowest BCUT2D eigenvalue weighted by Crippen LogP contribution is -2.67. The Morgan fingerprint density at radius 3 is 2.24 bits per heavy atom. The molecule has 0 aliphatic carbocycles. The summed E-state index contributed by atoms with van der Waals surface area (Å²) in [5.74, 6) is -0.537. The van der Waals surface area contributed by atoms with Gasteiger partial charge in [0, 0.05) is 6.92 Å². The first-order valence-corrected chi connectivity index (χ1v) is 7.92. The normalized spacial score (nSPS) is 48.2. The Morgan fingerprint density at radius 2 is 1.68 bits per heavy atom. The largest absolute Gasteiger partial charge is 0.394 e. The number of carbonyl (C=O) groups excluding carboxylic acids is 1. The molecule has 2 heterocycles. The van der Waals surface area contributed by atoms with Crippen molar-refractivity contribution >= 4 is 5.91 Å². The number of hydrogen-bond acceptors (Lipinski definition) is 10. The Morgan fingerprint density at radius 1 is 1.04 bits per heavy atom. The molecule has 0 aromatic carbocycles. The first kappa shape index (κ1) is 20.4. The Bertz CT molecular complexity index is 465. The van der Waals surface area contributed by atoms with E-state index in [-0.39, 0.29) is 0 Å². The highest BCUT2D eigenvalue weighted by Crippen LogP contribution is 2.28. The van der Waals surface area contributed by atoms with Crippen LogP contribution in [0, 0.1) is 0 Å². The SMILES string of the molecule is CC(=O)N[C@@H]1[C@@H](O[C@@H]2O[C@@H](C)[C@@H](O)[C@@H](O)[C@@H]2O)[C@@H](O)[C@@H](CO)O[C@@H]1O. The molecule has 0 bridgehead atoms. The van der Waals surface area contributed by atoms with Gasteiger partial charge in [-0.15, -0.1) is 0 Å². The molecule has 25 heavy (non-hydrogen) atoms. The van der Waals surface area contributed by atoms with Crippen LogP contribution < -0.4 is 5.32 Å². The van der Waals surface area contributed by atoms with Crippen LogP contribution in [0.25, 0.3) is 0 Å². The topological polar surface area (TPSA) is 178 Å². The maximum Gasteiger partial charge on any atom is 0.217 e. The molecule has 0 saturated carbocycles. The molecule has 0 spiro atoms. The molecule has 2 aliphatic heterocycles. The fourth-order valence-corrected chi connectivity index (χ4v) is 2.92. The summed E-state index contributed by atoms with van der Waals surface area (Å²) in [5, 5.41) is 61.5. The van der Waals surface area contributed by atoms with Gasteiger partial charge in [0.05, 0.1) is 12.7 Å². The van der Waals surface area contributed by atoms with E-state index in [2.05, 4.69) is 5.32 Å². The van der Waals surface area contributed by atoms with Crippen LogP contribution in [0.3, 0.4) is 0 Å². The third-order valence-corrected chi connectivity index (χ3v) is 4.34. The summed E-state index contributed by atoms with van der Waals surface area (Å²) in [6, 6.07) is -1.22. The highest BCUT2D eigenvalue weighted by atomic mass is 16.7. The van der Waals surface area contributed by atoms with E-state index in [1.54, 1.807) is 0 Å². The molecule has 7 N–H and O–H groups in total. The molecule has 146 valence electrons. The second kappa shape index (κ2) is 8.20. The number of rotatable bonds is 4. The van der Waals surface area contributed by atoms with E-state index >= 15 is 0 Å². The van der Waals surface area contributed by atoms with Gasteiger partial charge in [-0.25, -0.2) is 0 Å². The lowest BCUT2D eigenvalue weighted by molar-refractivity contribution is -0.337. The minimum atomic E-state index is -1.64. The predicted octanol–water partition coefficient (Wildman–Crippen LogP) is -4.23. The zero-order chi connectivity index (χ0) is 18.9. The van der Waals surface area contributed by atoms with Crippen molar-refractivity contribution in [3.8, 4) is 0 Å². The van der Waals surface area contributed by atoms with Crippen molar-refractivity contribution in [1.82, 2.24) is 5.32 Å². The van der Waals surface area contributed by atoms with E-state index in [9.17, 15) is 35.4 Å². The highest BCUT2D eigenvalue weighted by molar-refractivity contribution is 5.73. The molecule has 10 atom stereocenters. The monoisotopic (exact) mass is 367 g/mol. The number of amides is 1. The van der Waals surface area contributed by atoms with Crippen LogP contribution >= 0.6 is 0 Å². The standard InChI is InChI=1S/C14H25NO10/c1-4-8(18)10(20)11(21)14(23-4)25-12-7(15-5(2)17)13(22)24-6(3-16)9(12)19/h4,6-14,16,18-22H,3H2,1-2H3,(H,15,17)/t4-,6+,7+,8+,9-,10+,11-,12+,13-,14-/m0/s1. The Labute approximate surface area is 143 Å². The smallest absolute Gasteiger partial charge is 0.217 e. The van der Waals surface area contributed by atoms with Gasteiger partial charge in [-0.2, -0.15) is 0 Å². The summed E-state index contributed by atoms with van der Waals surface area (Å²) in [6.07, 6.45) is -12.4. The van der Waals surface area contributed by atoms with Crippen LogP contribution in [0.1, 0.15) is 13.8 Å². The van der Waals surface area contributed by atoms with Crippen molar-refractivity contribution in [1.29, 1.82) is 0 Å². The first-order valence-electron chi connectivity index (χ1n) is 7.92. The fraction of sp³-hybridized carbons (Fsp3) is 0.929. The lowest BCUT2D eigenvalue weighted by atomic mass is 9.95. The number of carbonyl (C=O) groups is 1. The highest BCUT2D eigenvalue weighted by Gasteiger charge is 2.50. The van der Waals surface area contributed by atoms with Gasteiger partial charge in [-0.05, 0) is 6.92 Å². The number of nitrogens with one attached hydrogen (secondary N) is 1. The third-order valence-electron chi connectivity index (χ3n) is 4.34. The zero-order valence-corrected chi connectivity index (χ0v) is 13.8. The van der Waals surface area contributed by atoms with Crippen molar-refractivity contribution in [2.45, 2.75) is 75.2 Å². The van der Waals surface area contributed by atoms with Crippen molar-refractivity contribution < 1.29 is 49.6 Å². The second-order valence-electron chi connectivity index (χ2n) is 6.25. The Balaban J connectivity index is 2.20. The Hall–Kier alpha value is -0.890. The van der Waals surface area contributed by atoms with Gasteiger partial charge in [0.1, 0.15) is 42.7 Å². The molecule has 0 radical (unpaired) electrons. The Kier molecular flexibility index (Phi) is 6.70. The van der Waals surface area contributed by atoms with Gasteiger partial charge in [0.2, 0.25) is 5.91 Å². The van der Waals surface area contributed by atoms with Crippen LogP contribution in [0.15, 0.2) is 0 Å². The van der Waals surface area contributed by atoms with Crippen molar-refractivity contribution in [2.24, 2.45) is 0 Å². The minimum Gasteiger partial charge on any atom is -0.394 e. The van der Waals surface area contributed by atoms with E-state index in [1.807, 2.05) is 0 Å². The average Bonchev–Trinajstić information content (AvgIpc) is 2.56. The van der Waals surface area contributed by atoms with Crippen molar-refractivity contribution in [3.63, 3.8) is 0 Å². The summed E-state index contributed by atoms with van der Waals surface area (Å²) in [6.45, 7) is 2.01. The average molecular weight is 367 g/mol. The van der Waals surface area contributed by atoms with Crippen LogP contribution in [0.4, 0.5) is 0 Å². The molecule has 2 rings (SSSR count). The van der Waals surface area contributed by atoms with Crippen LogP contribution in [-0.4, -0.2) is 105 Å². The number of hydrogen-bond donors (Lipinski definition) is 7. The molecule has 11 heteroatoms. The second-order valence-corrected chi connectivity index (χ2v) is 6.25. The number of ether oxygens (including phenoxy) is 3. The number of aliphatic hydroxyl groups is 6. The summed E-state index contributed by atoms with van der Waals surface area (Å²) in [7, 11) is 0. The lowest BCUT2D eigenvalue weighted by Gasteiger charge is -2.46. The van der Waals surface area contributed by atoms with E-state index in [4.69, 9.17) is 14.2 Å². The number of aliphatic hydroxyl groups excluding tert-OH is 6. The molecular formula is C14H25NO10. The minimum absolute atomic E-state index is 0.537. The van der Waals surface area contributed by atoms with E-state index in [0.717, 1.165) is 0 Å². The van der Waals surface area contributed by atoms with Gasteiger partial charge in [0.25, 0.3) is 0 Å². The molecule has 2 fully saturated rings. The van der Waals surface area contributed by atoms with Crippen molar-refractivity contribution in [3.05, 3.63) is 0 Å². The summed E-state index contributed by atoms with van der Waals surface area (Å²) in [4.78, 5) is 11.3. The summed E-state index contributed by atoms with van der Waals surface area (Å²) >= 11 is 0. The molecule has 1 amide bonds. The van der Waals surface area contributed by atoms with Crippen LogP contribution in [0.2, 0.25) is 0 Å². The fourth-order valence-electron chi connectivity index (χ4n) is 2.92. The molecule has 2 saturated heterocycles. The molecule has 0 aromatic rings. The molecule has 11 nitrogen and oxygen atoms in total. The summed E-state index contributed by atoms with van der Waals surface area (Å²) in [5.41, 5.74) is 0. The van der Waals surface area contributed by atoms with E-state index < -0.39 is 73.9 Å². The van der Waals surface area contributed by atoms with Gasteiger partial charge in [-0.1, -0.05) is 0 Å². The predicted molar refractivity (Wildman–Crippen MR) is 78.8 cm³/mol. The molecular weight excluding hydrogens is 342 g/mol. The summed E-state index contributed by atoms with van der Waals surface area (Å²) < 4.78 is 15.8. The quantitative estimate of drug-likeness (QED) is 0.257. The maximum atomic E-state index is 11.3. The van der Waals surface area contributed by atoms with Crippen molar-refractivity contribution in [2.75, 3.05) is 6.61 Å². The molecule has 0 unspecified atom stereocenters. The van der Waals surface area contributed by atoms with Gasteiger partial charge in [0.15, 0.2) is 12.6 Å². The zero-order valence-electron chi connectivity index (χ0n) is 13.8. The molecule has 2 aliphatic rings. The molecule has 0 aromatic heterocycles. The maximum absolute atomic E-state index is 11.3. The first-order chi connectivity index (χ1) is 11.7. The van der Waals surface area contributed by atoms with E-state index in [1.165, 1.54) is 13.8 Å². The van der Waals surface area contributed by atoms with Crippen LogP contribution in [-0.2, 0) is 19.0 Å². The van der Waals surface area contributed by atoms with E-state index in [0.29, 0.717) is 0 Å². The third kappa shape index (κ3) is 4.27. The van der Waals surface area contributed by atoms with Gasteiger partial charge >= 0.3 is 0 Å².